The molecule has 0 saturated carbocycles. The summed E-state index contributed by atoms with van der Waals surface area (Å²) < 4.78 is 29.4. The molecular formula is C14H10ClN3O4S2. The Balaban J connectivity index is 2.33. The maximum atomic E-state index is 12.4. The fraction of sp³-hybridized carbons (Fsp3) is 0.0714. The second-order valence-electron chi connectivity index (χ2n) is 4.25. The van der Waals surface area contributed by atoms with Crippen molar-refractivity contribution in [2.45, 2.75) is 4.90 Å². The molecule has 0 saturated heterocycles. The lowest BCUT2D eigenvalue weighted by Crippen LogP contribution is -2.15. The first-order chi connectivity index (χ1) is 11.4. The van der Waals surface area contributed by atoms with Gasteiger partial charge in [0.2, 0.25) is 9.84 Å². The van der Waals surface area contributed by atoms with Crippen LogP contribution in [0.15, 0.2) is 45.7 Å². The molecule has 0 aliphatic heterocycles. The summed E-state index contributed by atoms with van der Waals surface area (Å²) in [4.78, 5) is 11.7. The molecule has 0 radical (unpaired) electrons. The average Bonchev–Trinajstić information content (AvgIpc) is 3.03. The molecule has 2 aromatic rings. The largest absolute Gasteiger partial charge is 0.465 e. The second-order valence-corrected chi connectivity index (χ2v) is 7.47. The molecule has 0 aliphatic carbocycles. The fourth-order valence-corrected chi connectivity index (χ4v) is 3.52. The molecule has 0 atom stereocenters. The highest BCUT2D eigenvalue weighted by atomic mass is 35.5. The normalized spacial score (nSPS) is 11.6. The first-order valence-electron chi connectivity index (χ1n) is 6.30. The van der Waals surface area contributed by atoms with Gasteiger partial charge in [-0.15, -0.1) is 11.3 Å². The molecule has 24 heavy (non-hydrogen) atoms. The lowest BCUT2D eigenvalue weighted by molar-refractivity contribution is 0.0607. The zero-order chi connectivity index (χ0) is 17.7. The van der Waals surface area contributed by atoms with Gasteiger partial charge in [0, 0.05) is 5.02 Å². The van der Waals surface area contributed by atoms with Gasteiger partial charge in [-0.05, 0) is 35.7 Å². The van der Waals surface area contributed by atoms with E-state index in [9.17, 15) is 13.2 Å². The predicted molar refractivity (Wildman–Crippen MR) is 91.0 cm³/mol. The van der Waals surface area contributed by atoms with E-state index in [2.05, 4.69) is 15.3 Å². The summed E-state index contributed by atoms with van der Waals surface area (Å²) in [6, 6.07) is 8.39. The summed E-state index contributed by atoms with van der Waals surface area (Å²) >= 11 is 6.81. The highest BCUT2D eigenvalue weighted by molar-refractivity contribution is 8.07. The molecule has 0 aliphatic rings. The Morgan fingerprint density at radius 3 is 2.58 bits per heavy atom. The number of halogens is 1. The number of sulfone groups is 1. The van der Waals surface area contributed by atoms with Crippen LogP contribution in [-0.2, 0) is 14.6 Å². The molecule has 1 N–H and O–H groups in total. The number of thiophene rings is 1. The molecule has 7 nitrogen and oxygen atoms in total. The number of nitrogens with one attached hydrogen (secondary N) is 1. The van der Waals surface area contributed by atoms with Crippen molar-refractivity contribution in [3.63, 3.8) is 0 Å². The number of benzene rings is 1. The van der Waals surface area contributed by atoms with Crippen LogP contribution in [0.4, 0.5) is 5.69 Å². The maximum Gasteiger partial charge on any atom is 0.350 e. The molecule has 0 spiro atoms. The molecule has 1 heterocycles. The van der Waals surface area contributed by atoms with Crippen molar-refractivity contribution < 1.29 is 17.9 Å². The minimum Gasteiger partial charge on any atom is -0.465 e. The third-order valence-electron chi connectivity index (χ3n) is 2.79. The van der Waals surface area contributed by atoms with Crippen molar-refractivity contribution in [1.29, 1.82) is 5.26 Å². The van der Waals surface area contributed by atoms with Crippen LogP contribution in [0.3, 0.4) is 0 Å². The van der Waals surface area contributed by atoms with Crippen LogP contribution in [0, 0.1) is 11.3 Å². The number of carbonyl (C=O) groups is 1. The molecule has 0 amide bonds. The monoisotopic (exact) mass is 383 g/mol. The van der Waals surface area contributed by atoms with Gasteiger partial charge in [-0.25, -0.2) is 13.2 Å². The molecule has 0 fully saturated rings. The van der Waals surface area contributed by atoms with Gasteiger partial charge < -0.3 is 4.74 Å². The van der Waals surface area contributed by atoms with E-state index < -0.39 is 20.9 Å². The summed E-state index contributed by atoms with van der Waals surface area (Å²) in [7, 11) is -2.88. The number of nitriles is 1. The average molecular weight is 384 g/mol. The van der Waals surface area contributed by atoms with Gasteiger partial charge in [0.15, 0.2) is 0 Å². The molecular weight excluding hydrogens is 374 g/mol. The Morgan fingerprint density at radius 1 is 1.33 bits per heavy atom. The van der Waals surface area contributed by atoms with Gasteiger partial charge in [-0.3, -0.25) is 5.43 Å². The number of methoxy groups -OCH3 is 1. The summed E-state index contributed by atoms with van der Waals surface area (Å²) in [6.07, 6.45) is 0. The smallest absolute Gasteiger partial charge is 0.350 e. The molecule has 10 heteroatoms. The number of rotatable bonds is 4. The first kappa shape index (κ1) is 17.9. The number of nitrogens with zero attached hydrogens (tertiary/aromatic N) is 2. The van der Waals surface area contributed by atoms with Crippen LogP contribution >= 0.6 is 22.9 Å². The Hall–Kier alpha value is -2.41. The maximum absolute atomic E-state index is 12.4. The number of hydrogen-bond acceptors (Lipinski definition) is 8. The molecule has 1 aromatic carbocycles. The number of carbonyl (C=O) groups excluding carboxylic acids is 1. The molecule has 1 aromatic heterocycles. The Bertz CT molecular complexity index is 928. The van der Waals surface area contributed by atoms with Crippen molar-refractivity contribution in [3.8, 4) is 6.07 Å². The topological polar surface area (TPSA) is 109 Å². The minimum absolute atomic E-state index is 0.118. The summed E-state index contributed by atoms with van der Waals surface area (Å²) in [6.45, 7) is 0. The third-order valence-corrected chi connectivity index (χ3v) is 5.52. The summed E-state index contributed by atoms with van der Waals surface area (Å²) in [5.41, 5.74) is 2.66. The van der Waals surface area contributed by atoms with E-state index in [1.807, 2.05) is 0 Å². The van der Waals surface area contributed by atoms with E-state index in [-0.39, 0.29) is 15.5 Å². The Labute approximate surface area is 147 Å². The predicted octanol–water partition coefficient (Wildman–Crippen LogP) is 2.91. The van der Waals surface area contributed by atoms with Crippen LogP contribution in [0.2, 0.25) is 5.02 Å². The van der Waals surface area contributed by atoms with Gasteiger partial charge in [-0.1, -0.05) is 11.6 Å². The third kappa shape index (κ3) is 3.73. The van der Waals surface area contributed by atoms with E-state index in [4.69, 9.17) is 16.9 Å². The fourth-order valence-electron chi connectivity index (χ4n) is 1.63. The minimum atomic E-state index is -4.10. The number of hydrazone groups is 1. The van der Waals surface area contributed by atoms with Gasteiger partial charge >= 0.3 is 5.97 Å². The SMILES string of the molecule is COC(=O)c1sccc1N/N=C(/C#N)S(=O)(=O)c1ccc(Cl)cc1. The standard InChI is InChI=1S/C14H10ClN3O4S2/c1-22-14(19)13-11(6-7-23-13)17-18-12(8-16)24(20,21)10-4-2-9(15)3-5-10/h2-7,17H,1H3/b18-12-. The van der Waals surface area contributed by atoms with Crippen LogP contribution in [0.1, 0.15) is 9.67 Å². The van der Waals surface area contributed by atoms with Crippen LogP contribution in [-0.4, -0.2) is 26.5 Å². The van der Waals surface area contributed by atoms with E-state index in [1.165, 1.54) is 43.5 Å². The molecule has 0 unspecified atom stereocenters. The van der Waals surface area contributed by atoms with Gasteiger partial charge in [-0.2, -0.15) is 10.4 Å². The van der Waals surface area contributed by atoms with E-state index in [0.717, 1.165) is 11.3 Å². The lowest BCUT2D eigenvalue weighted by atomic mass is 10.4. The highest BCUT2D eigenvalue weighted by Crippen LogP contribution is 2.23. The number of ether oxygens (including phenoxy) is 1. The van der Waals surface area contributed by atoms with Crippen LogP contribution in [0.5, 0.6) is 0 Å². The van der Waals surface area contributed by atoms with Gasteiger partial charge in [0.25, 0.3) is 5.04 Å². The molecule has 0 bridgehead atoms. The molecule has 124 valence electrons. The zero-order valence-corrected chi connectivity index (χ0v) is 14.6. The van der Waals surface area contributed by atoms with Gasteiger partial charge in [0.05, 0.1) is 17.7 Å². The number of hydrogen-bond donors (Lipinski definition) is 1. The zero-order valence-electron chi connectivity index (χ0n) is 12.2. The number of anilines is 1. The van der Waals surface area contributed by atoms with Gasteiger partial charge in [0.1, 0.15) is 10.9 Å². The van der Waals surface area contributed by atoms with Crippen molar-refractivity contribution in [1.82, 2.24) is 0 Å². The van der Waals surface area contributed by atoms with Crippen molar-refractivity contribution >= 4 is 49.5 Å². The van der Waals surface area contributed by atoms with Crippen molar-refractivity contribution in [2.24, 2.45) is 5.10 Å². The van der Waals surface area contributed by atoms with Crippen molar-refractivity contribution in [2.75, 3.05) is 12.5 Å². The first-order valence-corrected chi connectivity index (χ1v) is 9.04. The summed E-state index contributed by atoms with van der Waals surface area (Å²) in [5, 5.41) is 14.0. The highest BCUT2D eigenvalue weighted by Gasteiger charge is 2.23. The molecule has 2 rings (SSSR count). The Morgan fingerprint density at radius 2 is 2.00 bits per heavy atom. The van der Waals surface area contributed by atoms with Crippen molar-refractivity contribution in [3.05, 3.63) is 45.6 Å². The quantitative estimate of drug-likeness (QED) is 0.376. The van der Waals surface area contributed by atoms with Crippen LogP contribution < -0.4 is 5.43 Å². The Kier molecular flexibility index (Phi) is 5.56. The number of esters is 1. The second kappa shape index (κ2) is 7.44. The lowest BCUT2D eigenvalue weighted by Gasteiger charge is -2.04. The van der Waals surface area contributed by atoms with E-state index >= 15 is 0 Å². The summed E-state index contributed by atoms with van der Waals surface area (Å²) in [5.74, 6) is -0.596. The van der Waals surface area contributed by atoms with E-state index in [1.54, 1.807) is 5.38 Å². The van der Waals surface area contributed by atoms with E-state index in [0.29, 0.717) is 5.02 Å². The van der Waals surface area contributed by atoms with Crippen LogP contribution in [0.25, 0.3) is 0 Å².